The number of anilines is 1. The van der Waals surface area contributed by atoms with Gasteiger partial charge in [0.05, 0.1) is 5.69 Å². The van der Waals surface area contributed by atoms with E-state index in [2.05, 4.69) is 17.4 Å². The van der Waals surface area contributed by atoms with Crippen molar-refractivity contribution in [1.82, 2.24) is 0 Å². The lowest BCUT2D eigenvalue weighted by Gasteiger charge is -2.30. The highest BCUT2D eigenvalue weighted by Crippen LogP contribution is 2.34. The summed E-state index contributed by atoms with van der Waals surface area (Å²) < 4.78 is 26.5. The summed E-state index contributed by atoms with van der Waals surface area (Å²) in [5.74, 6) is -1.22. The molecule has 0 saturated heterocycles. The maximum Gasteiger partial charge on any atom is 0.181 e. The van der Waals surface area contributed by atoms with Gasteiger partial charge in [-0.25, -0.2) is 8.78 Å². The number of benzene rings is 2. The number of hydrogen-bond donors (Lipinski definition) is 1. The second-order valence-corrected chi connectivity index (χ2v) is 4.58. The predicted octanol–water partition coefficient (Wildman–Crippen LogP) is 3.72. The van der Waals surface area contributed by atoms with E-state index in [0.29, 0.717) is 12.5 Å². The van der Waals surface area contributed by atoms with Crippen LogP contribution >= 0.6 is 0 Å². The van der Waals surface area contributed by atoms with Crippen LogP contribution in [-0.2, 0) is 6.42 Å². The highest BCUT2D eigenvalue weighted by atomic mass is 19.2. The molecular formula is C15H13F2N. The zero-order valence-corrected chi connectivity index (χ0v) is 9.79. The molecule has 1 unspecified atom stereocenters. The molecule has 0 saturated carbocycles. The molecule has 1 aliphatic rings. The van der Waals surface area contributed by atoms with E-state index in [1.54, 1.807) is 6.07 Å². The van der Waals surface area contributed by atoms with Crippen LogP contribution < -0.4 is 5.32 Å². The van der Waals surface area contributed by atoms with Crippen LogP contribution in [0.2, 0.25) is 0 Å². The van der Waals surface area contributed by atoms with Crippen molar-refractivity contribution in [3.63, 3.8) is 0 Å². The van der Waals surface area contributed by atoms with Gasteiger partial charge in [0.25, 0.3) is 0 Å². The molecule has 1 aliphatic carbocycles. The highest BCUT2D eigenvalue weighted by molar-refractivity contribution is 5.47. The van der Waals surface area contributed by atoms with Crippen LogP contribution in [0.25, 0.3) is 0 Å². The zero-order valence-electron chi connectivity index (χ0n) is 9.79. The molecule has 0 bridgehead atoms. The molecule has 3 heteroatoms. The van der Waals surface area contributed by atoms with Crippen molar-refractivity contribution in [3.05, 3.63) is 65.2 Å². The Labute approximate surface area is 104 Å². The third kappa shape index (κ3) is 1.86. The van der Waals surface area contributed by atoms with Gasteiger partial charge in [-0.05, 0) is 29.7 Å². The molecule has 2 aromatic rings. The quantitative estimate of drug-likeness (QED) is 0.869. The van der Waals surface area contributed by atoms with Crippen LogP contribution in [0.1, 0.15) is 17.0 Å². The van der Waals surface area contributed by atoms with Crippen LogP contribution in [0.15, 0.2) is 42.5 Å². The summed E-state index contributed by atoms with van der Waals surface area (Å²) in [6.07, 6.45) is 1.00. The molecule has 0 fully saturated rings. The van der Waals surface area contributed by atoms with Crippen molar-refractivity contribution in [2.24, 2.45) is 0 Å². The topological polar surface area (TPSA) is 12.0 Å². The summed E-state index contributed by atoms with van der Waals surface area (Å²) in [6.45, 7) is 0.636. The van der Waals surface area contributed by atoms with E-state index >= 15 is 0 Å². The van der Waals surface area contributed by atoms with Gasteiger partial charge in [-0.15, -0.1) is 0 Å². The highest BCUT2D eigenvalue weighted by Gasteiger charge is 2.25. The van der Waals surface area contributed by atoms with Crippen molar-refractivity contribution < 1.29 is 8.78 Å². The summed E-state index contributed by atoms with van der Waals surface area (Å²) in [5.41, 5.74) is 2.89. The Hall–Kier alpha value is -1.90. The second kappa shape index (κ2) is 4.41. The van der Waals surface area contributed by atoms with Crippen LogP contribution in [0.3, 0.4) is 0 Å². The number of fused-ring (bicyclic) bond motifs is 1. The van der Waals surface area contributed by atoms with Crippen molar-refractivity contribution in [1.29, 1.82) is 0 Å². The van der Waals surface area contributed by atoms with Gasteiger partial charge in [0.2, 0.25) is 0 Å². The van der Waals surface area contributed by atoms with Crippen molar-refractivity contribution in [3.8, 4) is 0 Å². The molecule has 0 heterocycles. The van der Waals surface area contributed by atoms with Gasteiger partial charge in [0, 0.05) is 12.5 Å². The van der Waals surface area contributed by atoms with Crippen LogP contribution in [0.4, 0.5) is 14.5 Å². The molecule has 1 atom stereocenters. The van der Waals surface area contributed by atoms with Gasteiger partial charge >= 0.3 is 0 Å². The average Bonchev–Trinajstić information content (AvgIpc) is 2.35. The van der Waals surface area contributed by atoms with Crippen LogP contribution in [0, 0.1) is 11.6 Å². The van der Waals surface area contributed by atoms with E-state index in [0.717, 1.165) is 12.5 Å². The van der Waals surface area contributed by atoms with Gasteiger partial charge < -0.3 is 5.32 Å². The molecule has 2 aromatic carbocycles. The molecule has 0 spiro atoms. The first-order chi connectivity index (χ1) is 8.75. The number of halogens is 2. The molecule has 0 amide bonds. The lowest BCUT2D eigenvalue weighted by atomic mass is 9.77. The molecule has 1 nitrogen and oxygen atoms in total. The third-order valence-corrected chi connectivity index (χ3v) is 3.45. The van der Waals surface area contributed by atoms with E-state index in [9.17, 15) is 8.78 Å². The number of rotatable bonds is 3. The Morgan fingerprint density at radius 1 is 1.06 bits per heavy atom. The normalized spacial score (nSPS) is 16.9. The molecule has 0 aromatic heterocycles. The summed E-state index contributed by atoms with van der Waals surface area (Å²) in [7, 11) is 0. The van der Waals surface area contributed by atoms with Crippen molar-refractivity contribution >= 4 is 5.69 Å². The van der Waals surface area contributed by atoms with Crippen LogP contribution in [-0.4, -0.2) is 6.54 Å². The third-order valence-electron chi connectivity index (χ3n) is 3.45. The standard InChI is InChI=1S/C15H13F2N/c16-13-6-3-7-14(15(13)17)18-9-11-8-10-4-1-2-5-12(10)11/h1-7,11,18H,8-9H2. The second-order valence-electron chi connectivity index (χ2n) is 4.58. The fourth-order valence-electron chi connectivity index (χ4n) is 2.42. The maximum absolute atomic E-state index is 13.4. The molecule has 92 valence electrons. The summed E-state index contributed by atoms with van der Waals surface area (Å²) in [5, 5.41) is 2.98. The molecule has 0 aliphatic heterocycles. The van der Waals surface area contributed by atoms with Gasteiger partial charge in [-0.1, -0.05) is 30.3 Å². The fraction of sp³-hybridized carbons (Fsp3) is 0.200. The van der Waals surface area contributed by atoms with E-state index in [-0.39, 0.29) is 5.69 Å². The first-order valence-electron chi connectivity index (χ1n) is 6.01. The van der Waals surface area contributed by atoms with Gasteiger partial charge in [-0.3, -0.25) is 0 Å². The van der Waals surface area contributed by atoms with E-state index in [4.69, 9.17) is 0 Å². The predicted molar refractivity (Wildman–Crippen MR) is 67.7 cm³/mol. The van der Waals surface area contributed by atoms with E-state index in [1.807, 2.05) is 12.1 Å². The lowest BCUT2D eigenvalue weighted by molar-refractivity contribution is 0.510. The number of hydrogen-bond acceptors (Lipinski definition) is 1. The molecule has 1 N–H and O–H groups in total. The largest absolute Gasteiger partial charge is 0.382 e. The Balaban J connectivity index is 1.69. The Bertz CT molecular complexity index is 580. The minimum Gasteiger partial charge on any atom is -0.382 e. The maximum atomic E-state index is 13.4. The molecular weight excluding hydrogens is 232 g/mol. The SMILES string of the molecule is Fc1cccc(NCC2Cc3ccccc32)c1F. The molecule has 18 heavy (non-hydrogen) atoms. The minimum atomic E-state index is -0.811. The monoisotopic (exact) mass is 245 g/mol. The number of nitrogens with one attached hydrogen (secondary N) is 1. The Kier molecular flexibility index (Phi) is 2.74. The summed E-state index contributed by atoms with van der Waals surface area (Å²) in [6, 6.07) is 12.4. The van der Waals surface area contributed by atoms with E-state index in [1.165, 1.54) is 17.2 Å². The zero-order chi connectivity index (χ0) is 12.5. The van der Waals surface area contributed by atoms with E-state index < -0.39 is 11.6 Å². The Morgan fingerprint density at radius 3 is 2.72 bits per heavy atom. The van der Waals surface area contributed by atoms with Gasteiger partial charge in [0.1, 0.15) is 0 Å². The molecule has 0 radical (unpaired) electrons. The summed E-state index contributed by atoms with van der Waals surface area (Å²) >= 11 is 0. The van der Waals surface area contributed by atoms with Gasteiger partial charge in [-0.2, -0.15) is 0 Å². The fourth-order valence-corrected chi connectivity index (χ4v) is 2.42. The van der Waals surface area contributed by atoms with Crippen molar-refractivity contribution in [2.45, 2.75) is 12.3 Å². The van der Waals surface area contributed by atoms with Gasteiger partial charge in [0.15, 0.2) is 11.6 Å². The Morgan fingerprint density at radius 2 is 1.89 bits per heavy atom. The average molecular weight is 245 g/mol. The van der Waals surface area contributed by atoms with Crippen molar-refractivity contribution in [2.75, 3.05) is 11.9 Å². The smallest absolute Gasteiger partial charge is 0.181 e. The molecule has 3 rings (SSSR count). The minimum absolute atomic E-state index is 0.236. The lowest BCUT2D eigenvalue weighted by Crippen LogP contribution is -2.24. The summed E-state index contributed by atoms with van der Waals surface area (Å²) in [4.78, 5) is 0. The first-order valence-corrected chi connectivity index (χ1v) is 6.01. The van der Waals surface area contributed by atoms with Crippen LogP contribution in [0.5, 0.6) is 0 Å². The first kappa shape index (κ1) is 11.2.